The number of unbranched alkanes of at least 4 members (excludes halogenated alkanes) is 12. The molecule has 0 amide bonds. The van der Waals surface area contributed by atoms with Crippen molar-refractivity contribution >= 4 is 27.5 Å². The van der Waals surface area contributed by atoms with E-state index in [1.54, 1.807) is 0 Å². The lowest BCUT2D eigenvalue weighted by Gasteiger charge is -2.24. The lowest BCUT2D eigenvalue weighted by atomic mass is 9.99. The van der Waals surface area contributed by atoms with Crippen molar-refractivity contribution in [2.45, 2.75) is 123 Å². The summed E-state index contributed by atoms with van der Waals surface area (Å²) in [6, 6.07) is 18.9. The van der Waals surface area contributed by atoms with Gasteiger partial charge in [0.2, 0.25) is 0 Å². The molecule has 0 aliphatic rings. The van der Waals surface area contributed by atoms with Crippen molar-refractivity contribution in [3.05, 3.63) is 54.6 Å². The van der Waals surface area contributed by atoms with Crippen LogP contribution in [-0.2, 0) is 9.53 Å². The quantitative estimate of drug-likeness (QED) is 0.0928. The molecule has 3 nitrogen and oxygen atoms in total. The molecule has 3 aromatic carbocycles. The number of esters is 1. The van der Waals surface area contributed by atoms with Crippen LogP contribution in [0.25, 0.3) is 21.5 Å². The predicted octanol–water partition coefficient (Wildman–Crippen LogP) is 10.8. The summed E-state index contributed by atoms with van der Waals surface area (Å²) in [6.45, 7) is 8.43. The number of hydrogen-bond acceptors (Lipinski definition) is 3. The van der Waals surface area contributed by atoms with Gasteiger partial charge in [0.25, 0.3) is 0 Å². The van der Waals surface area contributed by atoms with Gasteiger partial charge in [0.15, 0.2) is 0 Å². The second-order valence-corrected chi connectivity index (χ2v) is 12.2. The Hall–Kier alpha value is -2.55. The molecule has 0 bridgehead atoms. The fraction of sp³-hybridized carbons (Fsp3) is 0.583. The number of hydrogen-bond donors (Lipinski definition) is 0. The van der Waals surface area contributed by atoms with Crippen LogP contribution in [0.15, 0.2) is 54.6 Å². The Morgan fingerprint density at radius 1 is 0.692 bits per heavy atom. The molecule has 0 fully saturated rings. The van der Waals surface area contributed by atoms with E-state index in [-0.39, 0.29) is 11.9 Å². The van der Waals surface area contributed by atoms with Gasteiger partial charge in [-0.1, -0.05) is 127 Å². The second kappa shape index (κ2) is 16.5. The van der Waals surface area contributed by atoms with Gasteiger partial charge in [0, 0.05) is 5.39 Å². The van der Waals surface area contributed by atoms with Gasteiger partial charge in [-0.3, -0.25) is 4.79 Å². The molecule has 0 aliphatic heterocycles. The van der Waals surface area contributed by atoms with Crippen molar-refractivity contribution in [2.75, 3.05) is 6.61 Å². The zero-order valence-electron chi connectivity index (χ0n) is 25.1. The van der Waals surface area contributed by atoms with E-state index in [1.807, 2.05) is 32.9 Å². The summed E-state index contributed by atoms with van der Waals surface area (Å²) in [5.41, 5.74) is -0.496. The van der Waals surface area contributed by atoms with Crippen LogP contribution in [0.3, 0.4) is 0 Å². The van der Waals surface area contributed by atoms with E-state index in [1.165, 1.54) is 81.4 Å². The van der Waals surface area contributed by atoms with Gasteiger partial charge in [-0.15, -0.1) is 0 Å². The molecule has 1 atom stereocenters. The molecular formula is C36H52O3. The van der Waals surface area contributed by atoms with E-state index in [0.29, 0.717) is 6.61 Å². The summed E-state index contributed by atoms with van der Waals surface area (Å²) >= 11 is 0. The summed E-state index contributed by atoms with van der Waals surface area (Å²) < 4.78 is 12.1. The highest BCUT2D eigenvalue weighted by Crippen LogP contribution is 2.31. The van der Waals surface area contributed by atoms with Crippen molar-refractivity contribution in [2.24, 2.45) is 5.92 Å². The average Bonchev–Trinajstić information content (AvgIpc) is 2.90. The molecule has 3 heteroatoms. The summed E-state index contributed by atoms with van der Waals surface area (Å²) in [6.07, 6.45) is 18.0. The van der Waals surface area contributed by atoms with Crippen LogP contribution in [0.5, 0.6) is 5.75 Å². The molecule has 39 heavy (non-hydrogen) atoms. The third-order valence-corrected chi connectivity index (χ3v) is 7.54. The Kier molecular flexibility index (Phi) is 13.1. The maximum Gasteiger partial charge on any atom is 0.312 e. The maximum atomic E-state index is 13.1. The van der Waals surface area contributed by atoms with Gasteiger partial charge in [-0.2, -0.15) is 0 Å². The first-order chi connectivity index (χ1) is 18.9. The summed E-state index contributed by atoms with van der Waals surface area (Å²) in [5.74, 6) is 0.428. The SMILES string of the molecule is CCCCCCCCCCCCCCCC(COc1cccc2cc3ccccc3cc12)C(=O)OC(C)(C)C. The zero-order valence-corrected chi connectivity index (χ0v) is 25.1. The molecule has 3 aromatic rings. The molecule has 0 aromatic heterocycles. The number of carbonyl (C=O) groups excluding carboxylic acids is 1. The highest BCUT2D eigenvalue weighted by atomic mass is 16.6. The average molecular weight is 533 g/mol. The standard InChI is InChI=1S/C36H52O3/c1-5-6-7-8-9-10-11-12-13-14-15-16-17-23-32(35(37)39-36(2,3)4)28-38-34-25-20-24-31-26-29-21-18-19-22-30(29)27-33(31)34/h18-22,24-27,32H,5-17,23,28H2,1-4H3. The highest BCUT2D eigenvalue weighted by Gasteiger charge is 2.26. The van der Waals surface area contributed by atoms with E-state index in [2.05, 4.69) is 49.4 Å². The zero-order chi connectivity index (χ0) is 27.9. The first-order valence-corrected chi connectivity index (χ1v) is 15.6. The lowest BCUT2D eigenvalue weighted by Crippen LogP contribution is -2.31. The molecule has 0 spiro atoms. The van der Waals surface area contributed by atoms with Crippen molar-refractivity contribution in [1.29, 1.82) is 0 Å². The van der Waals surface area contributed by atoms with Crippen LogP contribution < -0.4 is 4.74 Å². The van der Waals surface area contributed by atoms with Crippen molar-refractivity contribution in [3.63, 3.8) is 0 Å². The van der Waals surface area contributed by atoms with E-state index < -0.39 is 5.60 Å². The number of rotatable bonds is 18. The van der Waals surface area contributed by atoms with Gasteiger partial charge >= 0.3 is 5.97 Å². The van der Waals surface area contributed by atoms with Crippen LogP contribution in [0.4, 0.5) is 0 Å². The monoisotopic (exact) mass is 532 g/mol. The first kappa shape index (κ1) is 31.0. The van der Waals surface area contributed by atoms with E-state index in [9.17, 15) is 4.79 Å². The molecule has 0 saturated carbocycles. The summed E-state index contributed by atoms with van der Waals surface area (Å²) in [5, 5.41) is 4.64. The minimum absolute atomic E-state index is 0.146. The van der Waals surface area contributed by atoms with Gasteiger partial charge in [0.05, 0.1) is 5.92 Å². The molecule has 0 radical (unpaired) electrons. The first-order valence-electron chi connectivity index (χ1n) is 15.6. The number of fused-ring (bicyclic) bond motifs is 2. The summed E-state index contributed by atoms with van der Waals surface area (Å²) in [7, 11) is 0. The molecule has 214 valence electrons. The Bertz CT molecular complexity index is 1130. The highest BCUT2D eigenvalue weighted by molar-refractivity contribution is 6.00. The minimum Gasteiger partial charge on any atom is -0.492 e. The minimum atomic E-state index is -0.496. The Labute approximate surface area is 237 Å². The molecule has 1 unspecified atom stereocenters. The van der Waals surface area contributed by atoms with Crippen molar-refractivity contribution in [3.8, 4) is 5.75 Å². The molecule has 3 rings (SSSR count). The normalized spacial score (nSPS) is 12.6. The van der Waals surface area contributed by atoms with Gasteiger partial charge in [0.1, 0.15) is 18.0 Å². The van der Waals surface area contributed by atoms with E-state index in [0.717, 1.165) is 35.8 Å². The number of ether oxygens (including phenoxy) is 2. The van der Waals surface area contributed by atoms with E-state index in [4.69, 9.17) is 9.47 Å². The van der Waals surface area contributed by atoms with Crippen LogP contribution in [0.1, 0.15) is 118 Å². The number of carbonyl (C=O) groups is 1. The molecule has 0 N–H and O–H groups in total. The molecule has 0 saturated heterocycles. The van der Waals surface area contributed by atoms with E-state index >= 15 is 0 Å². The van der Waals surface area contributed by atoms with Crippen molar-refractivity contribution < 1.29 is 14.3 Å². The number of benzene rings is 3. The fourth-order valence-electron chi connectivity index (χ4n) is 5.32. The maximum absolute atomic E-state index is 13.1. The third-order valence-electron chi connectivity index (χ3n) is 7.54. The second-order valence-electron chi connectivity index (χ2n) is 12.2. The van der Waals surface area contributed by atoms with Gasteiger partial charge in [-0.25, -0.2) is 0 Å². The molecule has 0 heterocycles. The predicted molar refractivity (Wildman–Crippen MR) is 167 cm³/mol. The summed E-state index contributed by atoms with van der Waals surface area (Å²) in [4.78, 5) is 13.1. The largest absolute Gasteiger partial charge is 0.492 e. The lowest BCUT2D eigenvalue weighted by molar-refractivity contribution is -0.161. The van der Waals surface area contributed by atoms with Crippen LogP contribution in [0, 0.1) is 5.92 Å². The van der Waals surface area contributed by atoms with Crippen LogP contribution in [0.2, 0.25) is 0 Å². The third kappa shape index (κ3) is 11.2. The molecule has 0 aliphatic carbocycles. The van der Waals surface area contributed by atoms with Gasteiger partial charge < -0.3 is 9.47 Å². The topological polar surface area (TPSA) is 35.5 Å². The van der Waals surface area contributed by atoms with Crippen LogP contribution >= 0.6 is 0 Å². The Morgan fingerprint density at radius 2 is 1.23 bits per heavy atom. The van der Waals surface area contributed by atoms with Gasteiger partial charge in [-0.05, 0) is 61.5 Å². The Balaban J connectivity index is 1.46. The fourth-order valence-corrected chi connectivity index (χ4v) is 5.32. The van der Waals surface area contributed by atoms with Crippen molar-refractivity contribution in [1.82, 2.24) is 0 Å². The molecular weight excluding hydrogens is 480 g/mol. The van der Waals surface area contributed by atoms with Crippen LogP contribution in [-0.4, -0.2) is 18.2 Å². The smallest absolute Gasteiger partial charge is 0.312 e. The Morgan fingerprint density at radius 3 is 1.82 bits per heavy atom.